The van der Waals surface area contributed by atoms with Crippen LogP contribution in [0, 0.1) is 0 Å². The highest BCUT2D eigenvalue weighted by Gasteiger charge is 2.25. The lowest BCUT2D eigenvalue weighted by Gasteiger charge is -2.20. The fraction of sp³-hybridized carbons (Fsp3) is 0.604. The van der Waals surface area contributed by atoms with Crippen molar-refractivity contribution in [2.75, 3.05) is 33.0 Å². The number of phosphoric ester groups is 1. The molecule has 2 atom stereocenters. The standard InChI is InChI=1S/C53H88NO7P/c1-3-5-7-9-11-13-15-17-19-21-23-25-27-29-31-33-35-37-39-41-43-45-48-58-50-52(51-60-62(56,57)59-49-47-54)61-53(55)46-44-42-40-38-36-34-32-30-28-26-24-22-20-18-16-14-12-10-8-6-4-2/h5-8,11-14,17-20,23-26,29,31,35,37,52H,3-4,9-10,15-16,21-22,27-28,30,32-34,36,38-51,54H2,1-2H3,(H,56,57)/b7-5-,8-6-,13-11-,14-12-,19-17-,20-18-,25-23-,26-24-,31-29-,37-35-. The zero-order valence-electron chi connectivity index (χ0n) is 39.1. The van der Waals surface area contributed by atoms with Crippen LogP contribution in [0.2, 0.25) is 0 Å². The van der Waals surface area contributed by atoms with Gasteiger partial charge in [0.05, 0.1) is 19.8 Å². The van der Waals surface area contributed by atoms with E-state index in [1.165, 1.54) is 32.1 Å². The van der Waals surface area contributed by atoms with Gasteiger partial charge in [-0.25, -0.2) is 4.57 Å². The number of hydrogen-bond acceptors (Lipinski definition) is 7. The van der Waals surface area contributed by atoms with Gasteiger partial charge in [0.2, 0.25) is 0 Å². The normalized spacial score (nSPS) is 14.5. The molecule has 0 aliphatic rings. The average Bonchev–Trinajstić information content (AvgIpc) is 3.26. The van der Waals surface area contributed by atoms with Crippen LogP contribution in [0.15, 0.2) is 122 Å². The van der Waals surface area contributed by atoms with Crippen molar-refractivity contribution < 1.29 is 32.8 Å². The van der Waals surface area contributed by atoms with Crippen molar-refractivity contribution in [3.8, 4) is 0 Å². The lowest BCUT2D eigenvalue weighted by molar-refractivity contribution is -0.154. The summed E-state index contributed by atoms with van der Waals surface area (Å²) in [6.45, 7) is 4.57. The maximum Gasteiger partial charge on any atom is 0.472 e. The van der Waals surface area contributed by atoms with Crippen molar-refractivity contribution in [2.45, 2.75) is 174 Å². The topological polar surface area (TPSA) is 117 Å². The van der Waals surface area contributed by atoms with E-state index in [-0.39, 0.29) is 32.3 Å². The summed E-state index contributed by atoms with van der Waals surface area (Å²) in [4.78, 5) is 22.6. The van der Waals surface area contributed by atoms with Gasteiger partial charge in [-0.15, -0.1) is 0 Å². The van der Waals surface area contributed by atoms with Gasteiger partial charge < -0.3 is 20.1 Å². The number of hydrogen-bond donors (Lipinski definition) is 2. The monoisotopic (exact) mass is 882 g/mol. The molecule has 8 nitrogen and oxygen atoms in total. The first-order valence-electron chi connectivity index (χ1n) is 24.0. The van der Waals surface area contributed by atoms with Crippen molar-refractivity contribution in [1.82, 2.24) is 0 Å². The molecular weight excluding hydrogens is 794 g/mol. The summed E-state index contributed by atoms with van der Waals surface area (Å²) in [6, 6.07) is 0. The average molecular weight is 882 g/mol. The maximum atomic E-state index is 12.6. The minimum Gasteiger partial charge on any atom is -0.457 e. The fourth-order valence-corrected chi connectivity index (χ4v) is 6.70. The minimum atomic E-state index is -4.30. The Bertz CT molecular complexity index is 1360. The molecule has 0 saturated heterocycles. The molecule has 0 amide bonds. The van der Waals surface area contributed by atoms with Crippen LogP contribution in [0.4, 0.5) is 0 Å². The van der Waals surface area contributed by atoms with E-state index in [0.29, 0.717) is 13.0 Å². The molecular formula is C53H88NO7P. The zero-order chi connectivity index (χ0) is 45.1. The summed E-state index contributed by atoms with van der Waals surface area (Å²) in [5.74, 6) is -0.356. The molecule has 0 radical (unpaired) electrons. The molecule has 0 bridgehead atoms. The molecule has 0 heterocycles. The number of allylic oxidation sites excluding steroid dienone is 20. The van der Waals surface area contributed by atoms with E-state index in [1.807, 2.05) is 0 Å². The first-order chi connectivity index (χ1) is 30.4. The summed E-state index contributed by atoms with van der Waals surface area (Å²) in [5, 5.41) is 0. The summed E-state index contributed by atoms with van der Waals surface area (Å²) in [7, 11) is -4.30. The van der Waals surface area contributed by atoms with Gasteiger partial charge in [0, 0.05) is 19.6 Å². The van der Waals surface area contributed by atoms with Crippen LogP contribution >= 0.6 is 7.82 Å². The van der Waals surface area contributed by atoms with E-state index < -0.39 is 13.9 Å². The molecule has 0 fully saturated rings. The molecule has 0 saturated carbocycles. The van der Waals surface area contributed by atoms with E-state index in [0.717, 1.165) is 116 Å². The van der Waals surface area contributed by atoms with Crippen molar-refractivity contribution >= 4 is 13.8 Å². The van der Waals surface area contributed by atoms with Gasteiger partial charge in [-0.05, 0) is 103 Å². The van der Waals surface area contributed by atoms with E-state index in [1.54, 1.807) is 0 Å². The SMILES string of the molecule is CC/C=C\C/C=C\C/C=C\C/C=C\C/C=C\C/C=C\CCCCCOCC(COP(=O)(O)OCCN)OC(=O)CCCCCCCCCC/C=C\C/C=C\C/C=C\C/C=C\CC. The number of carbonyl (C=O) groups is 1. The highest BCUT2D eigenvalue weighted by atomic mass is 31.2. The van der Waals surface area contributed by atoms with E-state index in [4.69, 9.17) is 24.3 Å². The Morgan fingerprint density at radius 2 is 0.855 bits per heavy atom. The van der Waals surface area contributed by atoms with Crippen LogP contribution in [0.25, 0.3) is 0 Å². The summed E-state index contributed by atoms with van der Waals surface area (Å²) in [6.07, 6.45) is 68.0. The van der Waals surface area contributed by atoms with Crippen molar-refractivity contribution in [1.29, 1.82) is 0 Å². The number of ether oxygens (including phenoxy) is 2. The molecule has 3 N–H and O–H groups in total. The summed E-state index contributed by atoms with van der Waals surface area (Å²) >= 11 is 0. The Balaban J connectivity index is 4.11. The number of phosphoric acid groups is 1. The lowest BCUT2D eigenvalue weighted by Crippen LogP contribution is -2.28. The third-order valence-electron chi connectivity index (χ3n) is 9.37. The third kappa shape index (κ3) is 47.9. The fourth-order valence-electron chi connectivity index (χ4n) is 5.93. The largest absolute Gasteiger partial charge is 0.472 e. The van der Waals surface area contributed by atoms with E-state index >= 15 is 0 Å². The molecule has 2 unspecified atom stereocenters. The number of carbonyl (C=O) groups excluding carboxylic acids is 1. The number of esters is 1. The second-order valence-electron chi connectivity index (χ2n) is 15.2. The third-order valence-corrected chi connectivity index (χ3v) is 10.4. The molecule has 0 aliphatic carbocycles. The summed E-state index contributed by atoms with van der Waals surface area (Å²) < 4.78 is 33.5. The second-order valence-corrected chi connectivity index (χ2v) is 16.7. The van der Waals surface area contributed by atoms with Crippen molar-refractivity contribution in [2.24, 2.45) is 5.73 Å². The molecule has 0 aromatic rings. The molecule has 0 aliphatic heterocycles. The Labute approximate surface area is 379 Å². The van der Waals surface area contributed by atoms with Gasteiger partial charge in [-0.1, -0.05) is 180 Å². The number of nitrogens with two attached hydrogens (primary N) is 1. The van der Waals surface area contributed by atoms with Crippen LogP contribution in [0.5, 0.6) is 0 Å². The maximum absolute atomic E-state index is 12.6. The first kappa shape index (κ1) is 58.9. The summed E-state index contributed by atoms with van der Waals surface area (Å²) in [5.41, 5.74) is 5.38. The Morgan fingerprint density at radius 3 is 1.27 bits per heavy atom. The van der Waals surface area contributed by atoms with Crippen LogP contribution in [0.3, 0.4) is 0 Å². The predicted molar refractivity (Wildman–Crippen MR) is 265 cm³/mol. The molecule has 0 spiro atoms. The van der Waals surface area contributed by atoms with Crippen LogP contribution in [-0.4, -0.2) is 49.9 Å². The first-order valence-corrected chi connectivity index (χ1v) is 25.5. The van der Waals surface area contributed by atoms with E-state index in [2.05, 4.69) is 135 Å². The predicted octanol–water partition coefficient (Wildman–Crippen LogP) is 15.0. The van der Waals surface area contributed by atoms with Crippen molar-refractivity contribution in [3.63, 3.8) is 0 Å². The molecule has 62 heavy (non-hydrogen) atoms. The van der Waals surface area contributed by atoms with Crippen LogP contribution in [-0.2, 0) is 27.9 Å². The second kappa shape index (κ2) is 48.9. The smallest absolute Gasteiger partial charge is 0.457 e. The van der Waals surface area contributed by atoms with Gasteiger partial charge in [0.1, 0.15) is 6.10 Å². The van der Waals surface area contributed by atoms with Gasteiger partial charge in [0.15, 0.2) is 0 Å². The van der Waals surface area contributed by atoms with Crippen molar-refractivity contribution in [3.05, 3.63) is 122 Å². The Kier molecular flexibility index (Phi) is 46.5. The number of rotatable bonds is 44. The Morgan fingerprint density at radius 1 is 0.484 bits per heavy atom. The molecule has 0 aromatic heterocycles. The van der Waals surface area contributed by atoms with Gasteiger partial charge >= 0.3 is 13.8 Å². The highest BCUT2D eigenvalue weighted by Crippen LogP contribution is 2.43. The minimum absolute atomic E-state index is 0.0814. The van der Waals surface area contributed by atoms with Gasteiger partial charge in [-0.2, -0.15) is 0 Å². The molecule has 352 valence electrons. The van der Waals surface area contributed by atoms with Crippen LogP contribution < -0.4 is 5.73 Å². The molecule has 0 rings (SSSR count). The molecule has 9 heteroatoms. The number of unbranched alkanes of at least 4 members (excludes halogenated alkanes) is 11. The van der Waals surface area contributed by atoms with E-state index in [9.17, 15) is 14.3 Å². The lowest BCUT2D eigenvalue weighted by atomic mass is 10.1. The quantitative estimate of drug-likeness (QED) is 0.0269. The molecule has 0 aromatic carbocycles. The Hall–Kier alpha value is -3.10. The van der Waals surface area contributed by atoms with Crippen LogP contribution in [0.1, 0.15) is 168 Å². The van der Waals surface area contributed by atoms with Gasteiger partial charge in [0.25, 0.3) is 0 Å². The zero-order valence-corrected chi connectivity index (χ0v) is 39.9. The highest BCUT2D eigenvalue weighted by molar-refractivity contribution is 7.47. The van der Waals surface area contributed by atoms with Gasteiger partial charge in [-0.3, -0.25) is 13.8 Å².